The number of nitrogens with one attached hydrogen (secondary N) is 3. The van der Waals surface area contributed by atoms with Crippen LogP contribution in [0.1, 0.15) is 41.0 Å². The fourth-order valence-electron chi connectivity index (χ4n) is 2.36. The molecule has 1 atom stereocenters. The van der Waals surface area contributed by atoms with Gasteiger partial charge in [-0.05, 0) is 34.1 Å². The van der Waals surface area contributed by atoms with Crippen LogP contribution < -0.4 is 16.0 Å². The molecule has 0 aromatic carbocycles. The van der Waals surface area contributed by atoms with Crippen molar-refractivity contribution in [2.24, 2.45) is 4.99 Å². The van der Waals surface area contributed by atoms with Crippen molar-refractivity contribution < 1.29 is 14.3 Å². The van der Waals surface area contributed by atoms with Crippen LogP contribution in [-0.4, -0.2) is 67.2 Å². The van der Waals surface area contributed by atoms with Gasteiger partial charge in [0.15, 0.2) is 5.96 Å². The first-order valence-electron chi connectivity index (χ1n) is 8.48. The van der Waals surface area contributed by atoms with Gasteiger partial charge in [-0.1, -0.05) is 0 Å². The molecule has 1 fully saturated rings. The summed E-state index contributed by atoms with van der Waals surface area (Å²) in [6, 6.07) is 0.0408. The summed E-state index contributed by atoms with van der Waals surface area (Å²) in [6.45, 7) is 12.3. The maximum absolute atomic E-state index is 11.9. The Bertz CT molecular complexity index is 459. The number of hydrogen-bond donors (Lipinski definition) is 3. The van der Waals surface area contributed by atoms with Crippen LogP contribution in [0, 0.1) is 0 Å². The summed E-state index contributed by atoms with van der Waals surface area (Å²) in [7, 11) is 0. The summed E-state index contributed by atoms with van der Waals surface area (Å²) < 4.78 is 5.29. The second kappa shape index (κ2) is 9.34. The lowest BCUT2D eigenvalue weighted by atomic mass is 10.2. The van der Waals surface area contributed by atoms with Crippen LogP contribution in [-0.2, 0) is 9.53 Å². The Hall–Kier alpha value is -1.99. The van der Waals surface area contributed by atoms with Crippen LogP contribution in [0.3, 0.4) is 0 Å². The van der Waals surface area contributed by atoms with Gasteiger partial charge in [0.2, 0.25) is 5.91 Å². The first-order valence-corrected chi connectivity index (χ1v) is 8.48. The van der Waals surface area contributed by atoms with Gasteiger partial charge in [0.1, 0.15) is 5.60 Å². The molecule has 1 aliphatic heterocycles. The fraction of sp³-hybridized carbons (Fsp3) is 0.812. The third-order valence-corrected chi connectivity index (χ3v) is 3.29. The highest BCUT2D eigenvalue weighted by atomic mass is 16.6. The number of amides is 2. The quantitative estimate of drug-likeness (QED) is 0.388. The Balaban J connectivity index is 2.49. The number of likely N-dealkylation sites (tertiary alicyclic amines) is 1. The average molecular weight is 341 g/mol. The molecule has 0 aromatic heterocycles. The predicted molar refractivity (Wildman–Crippen MR) is 94.0 cm³/mol. The smallest absolute Gasteiger partial charge is 0.407 e. The molecule has 24 heavy (non-hydrogen) atoms. The summed E-state index contributed by atoms with van der Waals surface area (Å²) in [4.78, 5) is 29.4. The number of nitrogens with zero attached hydrogens (tertiary/aromatic N) is 2. The molecule has 1 unspecified atom stereocenters. The molecule has 138 valence electrons. The van der Waals surface area contributed by atoms with E-state index >= 15 is 0 Å². The lowest BCUT2D eigenvalue weighted by Crippen LogP contribution is -2.44. The highest BCUT2D eigenvalue weighted by Crippen LogP contribution is 2.12. The van der Waals surface area contributed by atoms with E-state index in [0.717, 1.165) is 25.5 Å². The van der Waals surface area contributed by atoms with Crippen LogP contribution in [0.5, 0.6) is 0 Å². The minimum atomic E-state index is -0.498. The van der Waals surface area contributed by atoms with Crippen molar-refractivity contribution in [3.8, 4) is 0 Å². The number of rotatable bonds is 5. The summed E-state index contributed by atoms with van der Waals surface area (Å²) in [6.07, 6.45) is 0.456. The van der Waals surface area contributed by atoms with Crippen molar-refractivity contribution in [1.82, 2.24) is 20.9 Å². The number of carbonyl (C=O) groups excluding carboxylic acids is 2. The molecule has 1 heterocycles. The van der Waals surface area contributed by atoms with Crippen molar-refractivity contribution in [2.45, 2.75) is 52.7 Å². The molecule has 0 aliphatic carbocycles. The highest BCUT2D eigenvalue weighted by Gasteiger charge is 2.27. The van der Waals surface area contributed by atoms with Gasteiger partial charge in [-0.2, -0.15) is 0 Å². The maximum atomic E-state index is 11.9. The zero-order valence-electron chi connectivity index (χ0n) is 15.4. The Morgan fingerprint density at radius 2 is 2.00 bits per heavy atom. The molecule has 0 spiro atoms. The Labute approximate surface area is 144 Å². The molecule has 8 nitrogen and oxygen atoms in total. The van der Waals surface area contributed by atoms with Gasteiger partial charge in [0.25, 0.3) is 0 Å². The van der Waals surface area contributed by atoms with E-state index in [2.05, 4.69) is 25.8 Å². The highest BCUT2D eigenvalue weighted by molar-refractivity contribution is 5.80. The standard InChI is InChI=1S/C16H31N5O3/c1-6-17-14(19-9-8-18-12(2)22)21-10-7-13(11-21)20-15(23)24-16(3,4)5/h13H,6-11H2,1-5H3,(H,17,19)(H,18,22)(H,20,23). The lowest BCUT2D eigenvalue weighted by molar-refractivity contribution is -0.118. The molecule has 0 saturated carbocycles. The van der Waals surface area contributed by atoms with Gasteiger partial charge in [-0.3, -0.25) is 9.79 Å². The molecule has 8 heteroatoms. The monoisotopic (exact) mass is 341 g/mol. The van der Waals surface area contributed by atoms with Crippen LogP contribution in [0.15, 0.2) is 4.99 Å². The summed E-state index contributed by atoms with van der Waals surface area (Å²) in [5, 5.41) is 8.87. The minimum Gasteiger partial charge on any atom is -0.444 e. The average Bonchev–Trinajstić information content (AvgIpc) is 2.88. The van der Waals surface area contributed by atoms with Crippen molar-refractivity contribution in [1.29, 1.82) is 0 Å². The van der Waals surface area contributed by atoms with Crippen molar-refractivity contribution >= 4 is 18.0 Å². The zero-order valence-corrected chi connectivity index (χ0v) is 15.4. The molecular weight excluding hydrogens is 310 g/mol. The minimum absolute atomic E-state index is 0.0408. The van der Waals surface area contributed by atoms with E-state index in [4.69, 9.17) is 4.74 Å². The first-order chi connectivity index (χ1) is 11.2. The van der Waals surface area contributed by atoms with E-state index in [0.29, 0.717) is 19.6 Å². The number of hydrogen-bond acceptors (Lipinski definition) is 4. The SMILES string of the molecule is CCNC(=NCCNC(C)=O)N1CCC(NC(=O)OC(C)(C)C)C1. The van der Waals surface area contributed by atoms with E-state index < -0.39 is 5.60 Å². The summed E-state index contributed by atoms with van der Waals surface area (Å²) >= 11 is 0. The van der Waals surface area contributed by atoms with E-state index in [9.17, 15) is 9.59 Å². The number of alkyl carbamates (subject to hydrolysis) is 1. The van der Waals surface area contributed by atoms with E-state index in [1.54, 1.807) is 0 Å². The molecule has 3 N–H and O–H groups in total. The van der Waals surface area contributed by atoms with Gasteiger partial charge < -0.3 is 25.6 Å². The van der Waals surface area contributed by atoms with Gasteiger partial charge >= 0.3 is 6.09 Å². The van der Waals surface area contributed by atoms with Gasteiger partial charge in [-0.25, -0.2) is 4.79 Å². The molecule has 0 radical (unpaired) electrons. The number of ether oxygens (including phenoxy) is 1. The molecular formula is C16H31N5O3. The first kappa shape index (κ1) is 20.1. The van der Waals surface area contributed by atoms with Gasteiger partial charge in [-0.15, -0.1) is 0 Å². The Kier molecular flexibility index (Phi) is 7.81. The number of carbonyl (C=O) groups is 2. The van der Waals surface area contributed by atoms with E-state index in [-0.39, 0.29) is 18.0 Å². The second-order valence-electron chi connectivity index (χ2n) is 6.80. The normalized spacial score (nSPS) is 18.3. The van der Waals surface area contributed by atoms with Crippen molar-refractivity contribution in [3.05, 3.63) is 0 Å². The predicted octanol–water partition coefficient (Wildman–Crippen LogP) is 0.687. The van der Waals surface area contributed by atoms with Crippen LogP contribution in [0.25, 0.3) is 0 Å². The molecule has 1 saturated heterocycles. The van der Waals surface area contributed by atoms with Gasteiger partial charge in [0.05, 0.1) is 12.6 Å². The third-order valence-electron chi connectivity index (χ3n) is 3.29. The maximum Gasteiger partial charge on any atom is 0.407 e. The Morgan fingerprint density at radius 1 is 1.29 bits per heavy atom. The summed E-state index contributed by atoms with van der Waals surface area (Å²) in [5.41, 5.74) is -0.498. The molecule has 0 bridgehead atoms. The third kappa shape index (κ3) is 8.03. The zero-order chi connectivity index (χ0) is 18.2. The van der Waals surface area contributed by atoms with Crippen molar-refractivity contribution in [2.75, 3.05) is 32.7 Å². The molecule has 0 aromatic rings. The van der Waals surface area contributed by atoms with Crippen LogP contribution in [0.4, 0.5) is 4.79 Å². The van der Waals surface area contributed by atoms with E-state index in [1.165, 1.54) is 6.92 Å². The van der Waals surface area contributed by atoms with Crippen molar-refractivity contribution in [3.63, 3.8) is 0 Å². The largest absolute Gasteiger partial charge is 0.444 e. The van der Waals surface area contributed by atoms with E-state index in [1.807, 2.05) is 27.7 Å². The van der Waals surface area contributed by atoms with Crippen LogP contribution in [0.2, 0.25) is 0 Å². The summed E-state index contributed by atoms with van der Waals surface area (Å²) in [5.74, 6) is 0.745. The Morgan fingerprint density at radius 3 is 2.58 bits per heavy atom. The molecule has 2 amide bonds. The number of aliphatic imine (C=N–C) groups is 1. The van der Waals surface area contributed by atoms with Crippen LogP contribution >= 0.6 is 0 Å². The molecule has 1 rings (SSSR count). The lowest BCUT2D eigenvalue weighted by Gasteiger charge is -2.23. The number of guanidine groups is 1. The molecule has 1 aliphatic rings. The van der Waals surface area contributed by atoms with Gasteiger partial charge in [0, 0.05) is 33.1 Å². The second-order valence-corrected chi connectivity index (χ2v) is 6.80. The fourth-order valence-corrected chi connectivity index (χ4v) is 2.36. The topological polar surface area (TPSA) is 95.1 Å².